The molecule has 3 N–H and O–H groups in total. The van der Waals surface area contributed by atoms with E-state index in [1.807, 2.05) is 20.1 Å². The number of halogens is 1. The smallest absolute Gasteiger partial charge is 0.337 e. The SMILES string of the molecule is CSC(C)(C)CNC(=O)Nc1c(F)cccc1C(=O)O. The molecule has 0 aromatic heterocycles. The van der Waals surface area contributed by atoms with Crippen molar-refractivity contribution in [3.63, 3.8) is 0 Å². The van der Waals surface area contributed by atoms with Crippen LogP contribution in [0, 0.1) is 5.82 Å². The van der Waals surface area contributed by atoms with Crippen LogP contribution in [0.3, 0.4) is 0 Å². The maximum atomic E-state index is 13.6. The van der Waals surface area contributed by atoms with Crippen LogP contribution >= 0.6 is 11.8 Å². The summed E-state index contributed by atoms with van der Waals surface area (Å²) >= 11 is 1.58. The number of nitrogens with one attached hydrogen (secondary N) is 2. The number of benzene rings is 1. The summed E-state index contributed by atoms with van der Waals surface area (Å²) in [6.45, 7) is 4.27. The van der Waals surface area contributed by atoms with E-state index < -0.39 is 17.8 Å². The molecule has 0 unspecified atom stereocenters. The first-order valence-corrected chi connectivity index (χ1v) is 7.11. The van der Waals surface area contributed by atoms with Gasteiger partial charge in [0, 0.05) is 11.3 Å². The first-order chi connectivity index (χ1) is 9.26. The van der Waals surface area contributed by atoms with Gasteiger partial charge in [-0.25, -0.2) is 14.0 Å². The predicted octanol–water partition coefficient (Wildman–Crippen LogP) is 2.79. The van der Waals surface area contributed by atoms with E-state index in [0.717, 1.165) is 6.07 Å². The average Bonchev–Trinajstić information content (AvgIpc) is 2.38. The van der Waals surface area contributed by atoms with Gasteiger partial charge in [-0.05, 0) is 32.2 Å². The van der Waals surface area contributed by atoms with Gasteiger partial charge in [0.05, 0.1) is 11.3 Å². The van der Waals surface area contributed by atoms with E-state index in [9.17, 15) is 14.0 Å². The van der Waals surface area contributed by atoms with Gasteiger partial charge in [-0.3, -0.25) is 0 Å². The number of amides is 2. The third kappa shape index (κ3) is 4.41. The van der Waals surface area contributed by atoms with E-state index in [2.05, 4.69) is 10.6 Å². The molecule has 0 saturated heterocycles. The second kappa shape index (κ2) is 6.60. The van der Waals surface area contributed by atoms with Crippen molar-refractivity contribution in [2.24, 2.45) is 0 Å². The van der Waals surface area contributed by atoms with Crippen LogP contribution in [-0.2, 0) is 0 Å². The monoisotopic (exact) mass is 300 g/mol. The standard InChI is InChI=1S/C13H17FN2O3S/c1-13(2,20-3)7-15-12(19)16-10-8(11(17)18)5-4-6-9(10)14/h4-6H,7H2,1-3H3,(H,17,18)(H2,15,16,19). The Hall–Kier alpha value is -1.76. The highest BCUT2D eigenvalue weighted by molar-refractivity contribution is 7.99. The molecule has 7 heteroatoms. The highest BCUT2D eigenvalue weighted by atomic mass is 32.2. The number of carboxylic acids is 1. The topological polar surface area (TPSA) is 78.4 Å². The molecule has 0 heterocycles. The number of aromatic carboxylic acids is 1. The van der Waals surface area contributed by atoms with E-state index in [1.165, 1.54) is 12.1 Å². The highest BCUT2D eigenvalue weighted by Gasteiger charge is 2.19. The molecule has 0 fully saturated rings. The van der Waals surface area contributed by atoms with Gasteiger partial charge >= 0.3 is 12.0 Å². The molecule has 0 aliphatic heterocycles. The lowest BCUT2D eigenvalue weighted by atomic mass is 10.1. The molecule has 2 amide bonds. The van der Waals surface area contributed by atoms with Crippen LogP contribution in [0.25, 0.3) is 0 Å². The summed E-state index contributed by atoms with van der Waals surface area (Å²) in [5.41, 5.74) is -0.622. The van der Waals surface area contributed by atoms with Crippen LogP contribution in [0.15, 0.2) is 18.2 Å². The Morgan fingerprint density at radius 3 is 2.60 bits per heavy atom. The summed E-state index contributed by atoms with van der Waals surface area (Å²) < 4.78 is 13.4. The number of carbonyl (C=O) groups is 2. The normalized spacial score (nSPS) is 11.0. The highest BCUT2D eigenvalue weighted by Crippen LogP contribution is 2.21. The Bertz CT molecular complexity index is 520. The molecule has 0 bridgehead atoms. The molecule has 0 radical (unpaired) electrons. The number of hydrogen-bond donors (Lipinski definition) is 3. The van der Waals surface area contributed by atoms with Gasteiger partial charge < -0.3 is 15.7 Å². The zero-order valence-electron chi connectivity index (χ0n) is 11.5. The van der Waals surface area contributed by atoms with Crippen LogP contribution in [-0.4, -0.2) is 34.7 Å². The van der Waals surface area contributed by atoms with E-state index in [4.69, 9.17) is 5.11 Å². The average molecular weight is 300 g/mol. The Morgan fingerprint density at radius 1 is 1.40 bits per heavy atom. The van der Waals surface area contributed by atoms with E-state index in [1.54, 1.807) is 11.8 Å². The second-order valence-electron chi connectivity index (χ2n) is 4.74. The van der Waals surface area contributed by atoms with E-state index in [0.29, 0.717) is 6.54 Å². The number of carbonyl (C=O) groups excluding carboxylic acids is 1. The fraction of sp³-hybridized carbons (Fsp3) is 0.385. The maximum absolute atomic E-state index is 13.6. The molecule has 0 atom stereocenters. The summed E-state index contributed by atoms with van der Waals surface area (Å²) in [5.74, 6) is -2.09. The zero-order valence-corrected chi connectivity index (χ0v) is 12.3. The molecule has 20 heavy (non-hydrogen) atoms. The van der Waals surface area contributed by atoms with Gasteiger partial charge in [0.25, 0.3) is 0 Å². The minimum absolute atomic E-state index is 0.164. The summed E-state index contributed by atoms with van der Waals surface area (Å²) in [4.78, 5) is 22.7. The minimum Gasteiger partial charge on any atom is -0.478 e. The van der Waals surface area contributed by atoms with Gasteiger partial charge in [0.2, 0.25) is 0 Å². The number of carboxylic acid groups (broad SMARTS) is 1. The molecule has 110 valence electrons. The summed E-state index contributed by atoms with van der Waals surface area (Å²) in [6, 6.07) is 2.96. The minimum atomic E-state index is -1.30. The van der Waals surface area contributed by atoms with Crippen LogP contribution in [0.1, 0.15) is 24.2 Å². The second-order valence-corrected chi connectivity index (χ2v) is 6.25. The molecular formula is C13H17FN2O3S. The molecule has 1 rings (SSSR count). The number of urea groups is 1. The first-order valence-electron chi connectivity index (χ1n) is 5.88. The Balaban J connectivity index is 2.79. The van der Waals surface area contributed by atoms with Crippen molar-refractivity contribution in [2.45, 2.75) is 18.6 Å². The maximum Gasteiger partial charge on any atom is 0.337 e. The van der Waals surface area contributed by atoms with Crippen LogP contribution < -0.4 is 10.6 Å². The zero-order chi connectivity index (χ0) is 15.3. The lowest BCUT2D eigenvalue weighted by molar-refractivity contribution is 0.0697. The summed E-state index contributed by atoms with van der Waals surface area (Å²) in [7, 11) is 0. The van der Waals surface area contributed by atoms with Crippen molar-refractivity contribution in [3.8, 4) is 0 Å². The molecule has 0 saturated carbocycles. The fourth-order valence-electron chi connectivity index (χ4n) is 1.35. The lowest BCUT2D eigenvalue weighted by Gasteiger charge is -2.22. The van der Waals surface area contributed by atoms with Crippen molar-refractivity contribution in [2.75, 3.05) is 18.1 Å². The number of para-hydroxylation sites is 1. The lowest BCUT2D eigenvalue weighted by Crippen LogP contribution is -2.38. The number of hydrogen-bond acceptors (Lipinski definition) is 3. The third-order valence-electron chi connectivity index (χ3n) is 2.71. The molecule has 0 aliphatic rings. The molecular weight excluding hydrogens is 283 g/mol. The molecule has 0 aliphatic carbocycles. The number of rotatable bonds is 5. The number of thioether (sulfide) groups is 1. The van der Waals surface area contributed by atoms with Crippen molar-refractivity contribution in [1.29, 1.82) is 0 Å². The van der Waals surface area contributed by atoms with Crippen molar-refractivity contribution in [3.05, 3.63) is 29.6 Å². The van der Waals surface area contributed by atoms with Crippen molar-refractivity contribution < 1.29 is 19.1 Å². The van der Waals surface area contributed by atoms with Gasteiger partial charge in [-0.2, -0.15) is 11.8 Å². The van der Waals surface area contributed by atoms with Gasteiger partial charge in [-0.1, -0.05) is 6.07 Å². The summed E-state index contributed by atoms with van der Waals surface area (Å²) in [6.07, 6.45) is 1.92. The largest absolute Gasteiger partial charge is 0.478 e. The first kappa shape index (κ1) is 16.3. The van der Waals surface area contributed by atoms with Crippen LogP contribution in [0.5, 0.6) is 0 Å². The van der Waals surface area contributed by atoms with Gasteiger partial charge in [0.15, 0.2) is 0 Å². The molecule has 5 nitrogen and oxygen atoms in total. The van der Waals surface area contributed by atoms with Crippen LogP contribution in [0.2, 0.25) is 0 Å². The van der Waals surface area contributed by atoms with Gasteiger partial charge in [0.1, 0.15) is 5.82 Å². The number of anilines is 1. The van der Waals surface area contributed by atoms with E-state index >= 15 is 0 Å². The Labute approximate surface area is 120 Å². The van der Waals surface area contributed by atoms with E-state index in [-0.39, 0.29) is 16.0 Å². The Kier molecular flexibility index (Phi) is 5.38. The van der Waals surface area contributed by atoms with Gasteiger partial charge in [-0.15, -0.1) is 0 Å². The third-order valence-corrected chi connectivity index (χ3v) is 3.96. The molecule has 0 spiro atoms. The molecule has 1 aromatic rings. The van der Waals surface area contributed by atoms with Crippen LogP contribution in [0.4, 0.5) is 14.9 Å². The summed E-state index contributed by atoms with van der Waals surface area (Å²) in [5, 5.41) is 13.8. The van der Waals surface area contributed by atoms with Crippen molar-refractivity contribution >= 4 is 29.4 Å². The van der Waals surface area contributed by atoms with Crippen molar-refractivity contribution in [1.82, 2.24) is 5.32 Å². The molecule has 1 aromatic carbocycles. The Morgan fingerprint density at radius 2 is 2.05 bits per heavy atom. The quantitative estimate of drug-likeness (QED) is 0.781. The predicted molar refractivity (Wildman–Crippen MR) is 78.0 cm³/mol. The fourth-order valence-corrected chi connectivity index (χ4v) is 1.57.